The summed E-state index contributed by atoms with van der Waals surface area (Å²) in [6.07, 6.45) is 22.6. The van der Waals surface area contributed by atoms with E-state index in [1.54, 1.807) is 0 Å². The van der Waals surface area contributed by atoms with Gasteiger partial charge in [0.05, 0.1) is 0 Å². The van der Waals surface area contributed by atoms with E-state index >= 15 is 0 Å². The van der Waals surface area contributed by atoms with Gasteiger partial charge in [-0.15, -0.1) is 0 Å². The maximum absolute atomic E-state index is 11.7. The van der Waals surface area contributed by atoms with Crippen molar-refractivity contribution in [1.29, 1.82) is 0 Å². The van der Waals surface area contributed by atoms with Gasteiger partial charge in [0.15, 0.2) is 0 Å². The Morgan fingerprint density at radius 1 is 0.556 bits per heavy atom. The average Bonchev–Trinajstić information content (AvgIpc) is 2.67. The fourth-order valence-electron chi connectivity index (χ4n) is 3.38. The number of aliphatic hydroxyl groups excluding tert-OH is 1. The number of nitrogens with one attached hydrogen (secondary N) is 2. The lowest BCUT2D eigenvalue weighted by Gasteiger charge is -2.08. The maximum atomic E-state index is 11.7. The number of carbonyl (C=O) groups is 1. The summed E-state index contributed by atoms with van der Waals surface area (Å²) in [7, 11) is 0. The molecule has 162 valence electrons. The van der Waals surface area contributed by atoms with Crippen molar-refractivity contribution in [2.45, 2.75) is 122 Å². The summed E-state index contributed by atoms with van der Waals surface area (Å²) >= 11 is 0. The maximum Gasteiger partial charge on any atom is 0.314 e. The van der Waals surface area contributed by atoms with Crippen LogP contribution in [0, 0.1) is 0 Å². The normalized spacial score (nSPS) is 10.9. The highest BCUT2D eigenvalue weighted by molar-refractivity contribution is 5.73. The molecule has 0 saturated carbocycles. The molecule has 0 radical (unpaired) electrons. The van der Waals surface area contributed by atoms with Crippen LogP contribution in [0.3, 0.4) is 0 Å². The zero-order valence-corrected chi connectivity index (χ0v) is 18.2. The summed E-state index contributed by atoms with van der Waals surface area (Å²) in [5, 5.41) is 14.7. The van der Waals surface area contributed by atoms with Gasteiger partial charge in [-0.2, -0.15) is 0 Å². The molecule has 0 aliphatic carbocycles. The minimum absolute atomic E-state index is 0.000764. The number of rotatable bonds is 21. The Morgan fingerprint density at radius 2 is 0.889 bits per heavy atom. The van der Waals surface area contributed by atoms with E-state index in [0.29, 0.717) is 6.61 Å². The van der Waals surface area contributed by atoms with E-state index in [4.69, 9.17) is 5.11 Å². The van der Waals surface area contributed by atoms with Gasteiger partial charge in [0.1, 0.15) is 0 Å². The summed E-state index contributed by atoms with van der Waals surface area (Å²) in [5.74, 6) is 0. The second-order valence-corrected chi connectivity index (χ2v) is 7.92. The minimum atomic E-state index is 0.000764. The van der Waals surface area contributed by atoms with Gasteiger partial charge in [-0.05, 0) is 19.3 Å². The Bertz CT molecular complexity index is 298. The van der Waals surface area contributed by atoms with E-state index < -0.39 is 0 Å². The molecule has 0 bridgehead atoms. The van der Waals surface area contributed by atoms with Crippen molar-refractivity contribution < 1.29 is 9.90 Å². The molecule has 27 heavy (non-hydrogen) atoms. The van der Waals surface area contributed by atoms with Crippen LogP contribution in [0.5, 0.6) is 0 Å². The number of unbranched alkanes of at least 4 members (excludes halogenated alkanes) is 16. The molecule has 0 aromatic carbocycles. The van der Waals surface area contributed by atoms with Crippen LogP contribution < -0.4 is 10.6 Å². The van der Waals surface area contributed by atoms with Gasteiger partial charge in [0.25, 0.3) is 0 Å². The van der Waals surface area contributed by atoms with Crippen LogP contribution in [0.25, 0.3) is 0 Å². The quantitative estimate of drug-likeness (QED) is 0.203. The van der Waals surface area contributed by atoms with Crippen molar-refractivity contribution in [3.63, 3.8) is 0 Å². The van der Waals surface area contributed by atoms with Gasteiger partial charge in [-0.1, -0.05) is 103 Å². The second kappa shape index (κ2) is 23.3. The smallest absolute Gasteiger partial charge is 0.314 e. The highest BCUT2D eigenvalue weighted by atomic mass is 16.2. The average molecular weight is 385 g/mol. The Balaban J connectivity index is 3.13. The number of aliphatic hydroxyl groups is 1. The van der Waals surface area contributed by atoms with Gasteiger partial charge in [-0.3, -0.25) is 0 Å². The van der Waals surface area contributed by atoms with Crippen LogP contribution in [0.2, 0.25) is 0 Å². The molecule has 0 aliphatic rings. The molecule has 0 fully saturated rings. The van der Waals surface area contributed by atoms with Crippen LogP contribution >= 0.6 is 0 Å². The standard InChI is InChI=1S/C23H48N2O2/c1-2-3-4-5-6-11-14-17-20-24-23(27)25-21-18-15-12-9-7-8-10-13-16-19-22-26/h26H,2-22H2,1H3,(H2,24,25,27). The molecule has 0 spiro atoms. The summed E-state index contributed by atoms with van der Waals surface area (Å²) < 4.78 is 0. The molecular weight excluding hydrogens is 336 g/mol. The predicted octanol–water partition coefficient (Wildman–Crippen LogP) is 6.32. The third-order valence-corrected chi connectivity index (χ3v) is 5.19. The van der Waals surface area contributed by atoms with Crippen LogP contribution in [0.15, 0.2) is 0 Å². The van der Waals surface area contributed by atoms with E-state index in [1.165, 1.54) is 96.3 Å². The first-order valence-electron chi connectivity index (χ1n) is 11.9. The lowest BCUT2D eigenvalue weighted by atomic mass is 10.1. The number of hydrogen-bond acceptors (Lipinski definition) is 2. The number of carbonyl (C=O) groups excluding carboxylic acids is 1. The van der Waals surface area contributed by atoms with Crippen LogP contribution in [-0.2, 0) is 0 Å². The fourth-order valence-corrected chi connectivity index (χ4v) is 3.38. The van der Waals surface area contributed by atoms with Gasteiger partial charge in [0, 0.05) is 19.7 Å². The lowest BCUT2D eigenvalue weighted by molar-refractivity contribution is 0.240. The van der Waals surface area contributed by atoms with Crippen molar-refractivity contribution in [2.75, 3.05) is 19.7 Å². The molecule has 4 heteroatoms. The third-order valence-electron chi connectivity index (χ3n) is 5.19. The first-order valence-corrected chi connectivity index (χ1v) is 11.9. The topological polar surface area (TPSA) is 61.4 Å². The van der Waals surface area contributed by atoms with E-state index in [-0.39, 0.29) is 6.03 Å². The first kappa shape index (κ1) is 26.2. The third kappa shape index (κ3) is 23.2. The van der Waals surface area contributed by atoms with Crippen molar-refractivity contribution in [1.82, 2.24) is 10.6 Å². The Labute approximate surface area is 169 Å². The summed E-state index contributed by atoms with van der Waals surface area (Å²) in [5.41, 5.74) is 0. The van der Waals surface area contributed by atoms with Crippen LogP contribution in [-0.4, -0.2) is 30.8 Å². The second-order valence-electron chi connectivity index (χ2n) is 7.92. The highest BCUT2D eigenvalue weighted by Gasteiger charge is 1.99. The summed E-state index contributed by atoms with van der Waals surface area (Å²) in [4.78, 5) is 11.7. The zero-order valence-electron chi connectivity index (χ0n) is 18.2. The SMILES string of the molecule is CCCCCCCCCCNC(=O)NCCCCCCCCCCCCO. The van der Waals surface area contributed by atoms with Crippen molar-refractivity contribution in [3.8, 4) is 0 Å². The van der Waals surface area contributed by atoms with E-state index in [1.807, 2.05) is 0 Å². The van der Waals surface area contributed by atoms with Gasteiger partial charge in [0.2, 0.25) is 0 Å². The molecule has 0 aromatic rings. The molecule has 0 unspecified atom stereocenters. The van der Waals surface area contributed by atoms with E-state index in [9.17, 15) is 4.79 Å². The number of amides is 2. The first-order chi connectivity index (χ1) is 13.3. The fraction of sp³-hybridized carbons (Fsp3) is 0.957. The largest absolute Gasteiger partial charge is 0.396 e. The number of hydrogen-bond donors (Lipinski definition) is 3. The lowest BCUT2D eigenvalue weighted by Crippen LogP contribution is -2.36. The minimum Gasteiger partial charge on any atom is -0.396 e. The van der Waals surface area contributed by atoms with Gasteiger partial charge in [-0.25, -0.2) is 4.79 Å². The van der Waals surface area contributed by atoms with Crippen LogP contribution in [0.4, 0.5) is 4.79 Å². The van der Waals surface area contributed by atoms with Gasteiger partial charge < -0.3 is 15.7 Å². The highest BCUT2D eigenvalue weighted by Crippen LogP contribution is 2.10. The van der Waals surface area contributed by atoms with E-state index in [0.717, 1.165) is 32.4 Å². The molecule has 0 aromatic heterocycles. The van der Waals surface area contributed by atoms with Crippen molar-refractivity contribution >= 4 is 6.03 Å². The van der Waals surface area contributed by atoms with E-state index in [2.05, 4.69) is 17.6 Å². The molecule has 0 saturated heterocycles. The molecule has 3 N–H and O–H groups in total. The molecule has 2 amide bonds. The summed E-state index contributed by atoms with van der Waals surface area (Å²) in [6, 6.07) is 0.000764. The molecule has 0 rings (SSSR count). The zero-order chi connectivity index (χ0) is 19.8. The molecule has 0 aliphatic heterocycles. The molecular formula is C23H48N2O2. The Hall–Kier alpha value is -0.770. The van der Waals surface area contributed by atoms with Gasteiger partial charge >= 0.3 is 6.03 Å². The Kier molecular flexibility index (Phi) is 22.6. The molecule has 4 nitrogen and oxygen atoms in total. The molecule has 0 atom stereocenters. The monoisotopic (exact) mass is 384 g/mol. The Morgan fingerprint density at radius 3 is 1.26 bits per heavy atom. The van der Waals surface area contributed by atoms with Crippen molar-refractivity contribution in [3.05, 3.63) is 0 Å². The van der Waals surface area contributed by atoms with Crippen LogP contribution in [0.1, 0.15) is 122 Å². The predicted molar refractivity (Wildman–Crippen MR) is 117 cm³/mol. The summed E-state index contributed by atoms with van der Waals surface area (Å²) in [6.45, 7) is 4.19. The van der Waals surface area contributed by atoms with Crippen molar-refractivity contribution in [2.24, 2.45) is 0 Å². The molecule has 0 heterocycles. The number of urea groups is 1.